The largest absolute Gasteiger partial charge is 0.495 e. The van der Waals surface area contributed by atoms with Crippen molar-refractivity contribution in [3.05, 3.63) is 28.3 Å². The Morgan fingerprint density at radius 3 is 2.24 bits per heavy atom. The van der Waals surface area contributed by atoms with Crippen LogP contribution in [0.3, 0.4) is 0 Å². The number of non-ortho nitro benzene ring substituents is 1. The third-order valence-corrected chi connectivity index (χ3v) is 4.86. The van der Waals surface area contributed by atoms with Crippen LogP contribution < -0.4 is 4.74 Å². The normalized spacial score (nSPS) is 11.6. The van der Waals surface area contributed by atoms with Crippen molar-refractivity contribution in [2.24, 2.45) is 0 Å². The van der Waals surface area contributed by atoms with Crippen molar-refractivity contribution in [2.45, 2.75) is 31.6 Å². The summed E-state index contributed by atoms with van der Waals surface area (Å²) in [6, 6.07) is 3.53. The highest BCUT2D eigenvalue weighted by Gasteiger charge is 2.27. The van der Waals surface area contributed by atoms with Crippen LogP contribution in [0.15, 0.2) is 23.1 Å². The van der Waals surface area contributed by atoms with Crippen LogP contribution in [0.25, 0.3) is 0 Å². The molecule has 1 rings (SSSR count). The average molecular weight is 316 g/mol. The van der Waals surface area contributed by atoms with Crippen molar-refractivity contribution in [2.75, 3.05) is 20.2 Å². The molecule has 0 aliphatic rings. The van der Waals surface area contributed by atoms with E-state index in [9.17, 15) is 18.5 Å². The number of nitro benzene ring substituents is 1. The number of nitro groups is 1. The first-order valence-electron chi connectivity index (χ1n) is 6.71. The van der Waals surface area contributed by atoms with E-state index in [4.69, 9.17) is 4.74 Å². The van der Waals surface area contributed by atoms with Crippen LogP contribution in [0.4, 0.5) is 5.69 Å². The van der Waals surface area contributed by atoms with Crippen LogP contribution in [0.5, 0.6) is 5.75 Å². The van der Waals surface area contributed by atoms with E-state index in [0.29, 0.717) is 25.9 Å². The minimum atomic E-state index is -3.72. The van der Waals surface area contributed by atoms with Gasteiger partial charge in [-0.1, -0.05) is 13.8 Å². The molecule has 0 bridgehead atoms. The van der Waals surface area contributed by atoms with Gasteiger partial charge in [-0.25, -0.2) is 8.42 Å². The highest BCUT2D eigenvalue weighted by Crippen LogP contribution is 2.30. The third kappa shape index (κ3) is 3.92. The van der Waals surface area contributed by atoms with E-state index in [1.54, 1.807) is 0 Å². The van der Waals surface area contributed by atoms with Crippen LogP contribution in [0, 0.1) is 10.1 Å². The second-order valence-electron chi connectivity index (χ2n) is 4.50. The van der Waals surface area contributed by atoms with E-state index in [-0.39, 0.29) is 16.3 Å². The van der Waals surface area contributed by atoms with Gasteiger partial charge in [0.05, 0.1) is 18.1 Å². The van der Waals surface area contributed by atoms with Crippen molar-refractivity contribution in [1.82, 2.24) is 4.31 Å². The summed E-state index contributed by atoms with van der Waals surface area (Å²) in [6.45, 7) is 4.59. The summed E-state index contributed by atoms with van der Waals surface area (Å²) in [5.74, 6) is -0.0126. The molecule has 0 unspecified atom stereocenters. The molecule has 0 atom stereocenters. The molecule has 21 heavy (non-hydrogen) atoms. The zero-order chi connectivity index (χ0) is 16.0. The highest BCUT2D eigenvalue weighted by molar-refractivity contribution is 7.89. The maximum atomic E-state index is 12.6. The molecule has 0 heterocycles. The minimum absolute atomic E-state index is 0.0126. The van der Waals surface area contributed by atoms with Crippen molar-refractivity contribution >= 4 is 15.7 Å². The first-order valence-corrected chi connectivity index (χ1v) is 8.15. The van der Waals surface area contributed by atoms with E-state index in [1.807, 2.05) is 13.8 Å². The number of methoxy groups -OCH3 is 1. The monoisotopic (exact) mass is 316 g/mol. The summed E-state index contributed by atoms with van der Waals surface area (Å²) in [4.78, 5) is 10.1. The lowest BCUT2D eigenvalue weighted by atomic mass is 10.3. The van der Waals surface area contributed by atoms with Crippen LogP contribution in [0.2, 0.25) is 0 Å². The number of hydrogen-bond donors (Lipinski definition) is 0. The van der Waals surface area contributed by atoms with E-state index < -0.39 is 14.9 Å². The number of hydrogen-bond acceptors (Lipinski definition) is 5. The molecular weight excluding hydrogens is 296 g/mol. The maximum Gasteiger partial charge on any atom is 0.273 e. The molecule has 0 radical (unpaired) electrons. The second-order valence-corrected chi connectivity index (χ2v) is 6.40. The van der Waals surface area contributed by atoms with Crippen LogP contribution in [-0.4, -0.2) is 37.8 Å². The summed E-state index contributed by atoms with van der Waals surface area (Å²) in [5.41, 5.74) is -0.205. The predicted octanol–water partition coefficient (Wildman–Crippen LogP) is 2.41. The van der Waals surface area contributed by atoms with Gasteiger partial charge in [-0.05, 0) is 18.9 Å². The van der Waals surface area contributed by atoms with Gasteiger partial charge >= 0.3 is 0 Å². The van der Waals surface area contributed by atoms with Gasteiger partial charge < -0.3 is 4.74 Å². The zero-order valence-electron chi connectivity index (χ0n) is 12.4. The molecule has 7 nitrogen and oxygen atoms in total. The summed E-state index contributed by atoms with van der Waals surface area (Å²) in [5, 5.41) is 10.8. The topological polar surface area (TPSA) is 89.8 Å². The molecule has 0 aliphatic heterocycles. The maximum absolute atomic E-state index is 12.6. The summed E-state index contributed by atoms with van der Waals surface area (Å²) < 4.78 is 31.7. The fraction of sp³-hybridized carbons (Fsp3) is 0.538. The number of benzene rings is 1. The molecule has 0 saturated carbocycles. The van der Waals surface area contributed by atoms with E-state index in [2.05, 4.69) is 0 Å². The Morgan fingerprint density at radius 2 is 1.81 bits per heavy atom. The lowest BCUT2D eigenvalue weighted by Gasteiger charge is -2.22. The molecular formula is C13H20N2O5S. The van der Waals surface area contributed by atoms with Crippen LogP contribution in [0.1, 0.15) is 26.7 Å². The molecule has 0 aromatic heterocycles. The molecule has 0 aliphatic carbocycles. The molecule has 0 fully saturated rings. The fourth-order valence-corrected chi connectivity index (χ4v) is 3.73. The summed E-state index contributed by atoms with van der Waals surface area (Å²) >= 11 is 0. The van der Waals surface area contributed by atoms with E-state index in [1.165, 1.54) is 23.5 Å². The first-order chi connectivity index (χ1) is 9.88. The Kier molecular flexibility index (Phi) is 6.10. The fourth-order valence-electron chi connectivity index (χ4n) is 1.97. The van der Waals surface area contributed by atoms with E-state index in [0.717, 1.165) is 6.07 Å². The Labute approximate surface area is 124 Å². The molecule has 0 N–H and O–H groups in total. The lowest BCUT2D eigenvalue weighted by molar-refractivity contribution is -0.385. The van der Waals surface area contributed by atoms with Crippen molar-refractivity contribution in [3.8, 4) is 5.75 Å². The molecule has 1 aromatic carbocycles. The molecule has 118 valence electrons. The average Bonchev–Trinajstić information content (AvgIpc) is 2.46. The molecule has 1 aromatic rings. The summed E-state index contributed by atoms with van der Waals surface area (Å²) in [7, 11) is -2.43. The second kappa shape index (κ2) is 7.37. The van der Waals surface area contributed by atoms with Gasteiger partial charge in [0.2, 0.25) is 10.0 Å². The number of ether oxygens (including phenoxy) is 1. The Balaban J connectivity index is 3.32. The molecule has 0 spiro atoms. The van der Waals surface area contributed by atoms with Crippen molar-refractivity contribution in [1.29, 1.82) is 0 Å². The van der Waals surface area contributed by atoms with Crippen LogP contribution >= 0.6 is 0 Å². The molecule has 0 saturated heterocycles. The standard InChI is InChI=1S/C13H20N2O5S/c1-4-8-14(9-5-2)21(18,19)13-7-6-11(15(16)17)10-12(13)20-3/h6-7,10H,4-5,8-9H2,1-3H3. The van der Waals surface area contributed by atoms with Gasteiger partial charge in [0, 0.05) is 19.2 Å². The number of sulfonamides is 1. The van der Waals surface area contributed by atoms with Crippen molar-refractivity contribution < 1.29 is 18.1 Å². The molecule has 8 heteroatoms. The summed E-state index contributed by atoms with van der Waals surface area (Å²) in [6.07, 6.45) is 1.38. The lowest BCUT2D eigenvalue weighted by Crippen LogP contribution is -2.32. The van der Waals surface area contributed by atoms with Gasteiger partial charge in [0.1, 0.15) is 10.6 Å². The predicted molar refractivity (Wildman–Crippen MR) is 79.0 cm³/mol. The quantitative estimate of drug-likeness (QED) is 0.542. The Morgan fingerprint density at radius 1 is 1.24 bits per heavy atom. The number of rotatable bonds is 8. The SMILES string of the molecule is CCCN(CCC)S(=O)(=O)c1ccc([N+](=O)[O-])cc1OC. The van der Waals surface area contributed by atoms with Gasteiger partial charge in [-0.3, -0.25) is 10.1 Å². The van der Waals surface area contributed by atoms with Gasteiger partial charge in [-0.15, -0.1) is 0 Å². The van der Waals surface area contributed by atoms with Crippen molar-refractivity contribution in [3.63, 3.8) is 0 Å². The Hall–Kier alpha value is -1.67. The minimum Gasteiger partial charge on any atom is -0.495 e. The molecule has 0 amide bonds. The smallest absolute Gasteiger partial charge is 0.273 e. The highest BCUT2D eigenvalue weighted by atomic mass is 32.2. The van der Waals surface area contributed by atoms with E-state index >= 15 is 0 Å². The Bertz CT molecular complexity index is 595. The first kappa shape index (κ1) is 17.4. The van der Waals surface area contributed by atoms with Crippen LogP contribution in [-0.2, 0) is 10.0 Å². The third-order valence-electron chi connectivity index (χ3n) is 2.92. The zero-order valence-corrected chi connectivity index (χ0v) is 13.2. The van der Waals surface area contributed by atoms with Gasteiger partial charge in [0.25, 0.3) is 5.69 Å². The van der Waals surface area contributed by atoms with Gasteiger partial charge in [-0.2, -0.15) is 4.31 Å². The number of nitrogens with zero attached hydrogens (tertiary/aromatic N) is 2. The van der Waals surface area contributed by atoms with Gasteiger partial charge in [0.15, 0.2) is 0 Å².